The first-order chi connectivity index (χ1) is 9.17. The Kier molecular flexibility index (Phi) is 6.23. The van der Waals surface area contributed by atoms with Crippen LogP contribution in [0, 0.1) is 0 Å². The van der Waals surface area contributed by atoms with Gasteiger partial charge in [0.2, 0.25) is 5.91 Å². The average molecular weight is 267 g/mol. The van der Waals surface area contributed by atoms with Crippen LogP contribution in [0.3, 0.4) is 0 Å². The van der Waals surface area contributed by atoms with Crippen molar-refractivity contribution >= 4 is 17.6 Å². The molecule has 0 radical (unpaired) electrons. The van der Waals surface area contributed by atoms with Crippen molar-refractivity contribution in [2.75, 3.05) is 39.2 Å². The van der Waals surface area contributed by atoms with Crippen molar-refractivity contribution < 1.29 is 14.3 Å². The maximum atomic E-state index is 11.6. The van der Waals surface area contributed by atoms with Crippen molar-refractivity contribution in [3.8, 4) is 0 Å². The van der Waals surface area contributed by atoms with Crippen LogP contribution >= 0.6 is 0 Å². The van der Waals surface area contributed by atoms with Crippen molar-refractivity contribution in [1.82, 2.24) is 20.6 Å². The van der Waals surface area contributed by atoms with E-state index in [9.17, 15) is 9.59 Å². The second-order valence-electron chi connectivity index (χ2n) is 3.56. The smallest absolute Gasteiger partial charge is 0.271 e. The molecule has 0 aliphatic carbocycles. The minimum absolute atomic E-state index is 0.113. The predicted octanol–water partition coefficient (Wildman–Crippen LogP) is -0.989. The van der Waals surface area contributed by atoms with Gasteiger partial charge in [-0.2, -0.15) is 0 Å². The van der Waals surface area contributed by atoms with Crippen LogP contribution in [-0.2, 0) is 9.53 Å². The molecule has 0 aliphatic heterocycles. The summed E-state index contributed by atoms with van der Waals surface area (Å²) in [6.07, 6.45) is 2.78. The first-order valence-corrected chi connectivity index (χ1v) is 5.71. The number of amides is 2. The zero-order valence-corrected chi connectivity index (χ0v) is 10.9. The molecular formula is C11H17N5O3. The van der Waals surface area contributed by atoms with Crippen molar-refractivity contribution in [2.24, 2.45) is 0 Å². The van der Waals surface area contributed by atoms with Crippen LogP contribution in [0.1, 0.15) is 10.5 Å². The summed E-state index contributed by atoms with van der Waals surface area (Å²) >= 11 is 0. The molecule has 0 aliphatic rings. The second-order valence-corrected chi connectivity index (χ2v) is 3.56. The van der Waals surface area contributed by atoms with Crippen molar-refractivity contribution in [1.29, 1.82) is 0 Å². The molecule has 0 saturated carbocycles. The molecule has 0 saturated heterocycles. The maximum Gasteiger partial charge on any atom is 0.271 e. The fourth-order valence-corrected chi connectivity index (χ4v) is 1.18. The zero-order chi connectivity index (χ0) is 14.1. The van der Waals surface area contributed by atoms with Gasteiger partial charge in [-0.25, -0.2) is 9.97 Å². The van der Waals surface area contributed by atoms with E-state index in [1.54, 1.807) is 14.2 Å². The Morgan fingerprint density at radius 3 is 2.63 bits per heavy atom. The number of carbonyl (C=O) groups excluding carboxylic acids is 2. The van der Waals surface area contributed by atoms with E-state index in [1.165, 1.54) is 12.4 Å². The Labute approximate surface area is 111 Å². The Bertz CT molecular complexity index is 421. The van der Waals surface area contributed by atoms with Crippen molar-refractivity contribution in [3.63, 3.8) is 0 Å². The summed E-state index contributed by atoms with van der Waals surface area (Å²) < 4.78 is 4.78. The highest BCUT2D eigenvalue weighted by Gasteiger charge is 2.09. The van der Waals surface area contributed by atoms with Gasteiger partial charge < -0.3 is 20.7 Å². The molecule has 8 nitrogen and oxygen atoms in total. The largest absolute Gasteiger partial charge is 0.383 e. The third-order valence-electron chi connectivity index (χ3n) is 2.18. The summed E-state index contributed by atoms with van der Waals surface area (Å²) in [5, 5.41) is 7.82. The first kappa shape index (κ1) is 14.8. The molecule has 2 amide bonds. The van der Waals surface area contributed by atoms with Crippen molar-refractivity contribution in [3.05, 3.63) is 18.1 Å². The third kappa shape index (κ3) is 5.30. The number of nitrogens with zero attached hydrogens (tertiary/aromatic N) is 2. The van der Waals surface area contributed by atoms with E-state index in [0.29, 0.717) is 19.0 Å². The minimum atomic E-state index is -0.447. The number of rotatable bonds is 7. The van der Waals surface area contributed by atoms with Crippen LogP contribution in [0.4, 0.5) is 5.82 Å². The van der Waals surface area contributed by atoms with Crippen LogP contribution in [0.15, 0.2) is 12.4 Å². The van der Waals surface area contributed by atoms with Gasteiger partial charge in [-0.1, -0.05) is 0 Å². The average Bonchev–Trinajstić information content (AvgIpc) is 2.45. The highest BCUT2D eigenvalue weighted by atomic mass is 16.5. The third-order valence-corrected chi connectivity index (χ3v) is 2.18. The van der Waals surface area contributed by atoms with Crippen LogP contribution in [0.2, 0.25) is 0 Å². The summed E-state index contributed by atoms with van der Waals surface area (Å²) in [5.41, 5.74) is 0.156. The van der Waals surface area contributed by atoms with E-state index in [1.807, 2.05) is 0 Å². The normalized spacial score (nSPS) is 9.79. The molecule has 1 rings (SSSR count). The van der Waals surface area contributed by atoms with E-state index in [2.05, 4.69) is 25.9 Å². The van der Waals surface area contributed by atoms with Gasteiger partial charge in [0.1, 0.15) is 11.5 Å². The maximum absolute atomic E-state index is 11.6. The number of methoxy groups -OCH3 is 1. The van der Waals surface area contributed by atoms with Gasteiger partial charge >= 0.3 is 0 Å². The monoisotopic (exact) mass is 267 g/mol. The topological polar surface area (TPSA) is 105 Å². The lowest BCUT2D eigenvalue weighted by molar-refractivity contribution is -0.120. The van der Waals surface area contributed by atoms with Gasteiger partial charge in [0.05, 0.1) is 25.5 Å². The Hall–Kier alpha value is -2.22. The van der Waals surface area contributed by atoms with Crippen LogP contribution < -0.4 is 16.0 Å². The van der Waals surface area contributed by atoms with Crippen LogP contribution in [-0.4, -0.2) is 55.6 Å². The number of carbonyl (C=O) groups is 2. The number of aromatic nitrogens is 2. The molecule has 1 heterocycles. The summed E-state index contributed by atoms with van der Waals surface area (Å²) in [7, 11) is 3.25. The van der Waals surface area contributed by atoms with Gasteiger partial charge in [0.25, 0.3) is 5.91 Å². The Morgan fingerprint density at radius 1 is 1.26 bits per heavy atom. The molecular weight excluding hydrogens is 250 g/mol. The molecule has 1 aromatic heterocycles. The van der Waals surface area contributed by atoms with Gasteiger partial charge in [0.15, 0.2) is 0 Å². The Morgan fingerprint density at radius 2 is 2.05 bits per heavy atom. The minimum Gasteiger partial charge on any atom is -0.383 e. The molecule has 0 fully saturated rings. The van der Waals surface area contributed by atoms with E-state index in [-0.39, 0.29) is 18.1 Å². The summed E-state index contributed by atoms with van der Waals surface area (Å²) in [6.45, 7) is 0.719. The van der Waals surface area contributed by atoms with Crippen molar-refractivity contribution in [2.45, 2.75) is 0 Å². The SMILES string of the molecule is CNc1cnc(C(=O)NCC(=O)NCCOC)cn1. The molecule has 104 valence electrons. The summed E-state index contributed by atoms with van der Waals surface area (Å²) in [6, 6.07) is 0. The van der Waals surface area contributed by atoms with E-state index < -0.39 is 5.91 Å². The van der Waals surface area contributed by atoms with Gasteiger partial charge in [-0.3, -0.25) is 9.59 Å². The first-order valence-electron chi connectivity index (χ1n) is 5.71. The number of nitrogens with one attached hydrogen (secondary N) is 3. The fraction of sp³-hybridized carbons (Fsp3) is 0.455. The van der Waals surface area contributed by atoms with E-state index in [0.717, 1.165) is 0 Å². The van der Waals surface area contributed by atoms with Gasteiger partial charge in [0, 0.05) is 20.7 Å². The molecule has 0 atom stereocenters. The number of hydrogen-bond acceptors (Lipinski definition) is 6. The van der Waals surface area contributed by atoms with Crippen LogP contribution in [0.25, 0.3) is 0 Å². The van der Waals surface area contributed by atoms with Gasteiger partial charge in [-0.15, -0.1) is 0 Å². The molecule has 19 heavy (non-hydrogen) atoms. The quantitative estimate of drug-likeness (QED) is 0.548. The number of anilines is 1. The molecule has 0 aromatic carbocycles. The zero-order valence-electron chi connectivity index (χ0n) is 10.9. The highest BCUT2D eigenvalue weighted by molar-refractivity contribution is 5.94. The van der Waals surface area contributed by atoms with Gasteiger partial charge in [-0.05, 0) is 0 Å². The number of hydrogen-bond donors (Lipinski definition) is 3. The fourth-order valence-electron chi connectivity index (χ4n) is 1.18. The number of ether oxygens (including phenoxy) is 1. The molecule has 8 heteroatoms. The van der Waals surface area contributed by atoms with Crippen LogP contribution in [0.5, 0.6) is 0 Å². The summed E-state index contributed by atoms with van der Waals surface area (Å²) in [4.78, 5) is 30.8. The second kappa shape index (κ2) is 7.98. The predicted molar refractivity (Wildman–Crippen MR) is 68.8 cm³/mol. The van der Waals surface area contributed by atoms with E-state index >= 15 is 0 Å². The molecule has 0 unspecified atom stereocenters. The standard InChI is InChI=1S/C11H17N5O3/c1-12-9-6-14-8(5-15-9)11(18)16-7-10(17)13-3-4-19-2/h5-6H,3-4,7H2,1-2H3,(H,12,15)(H,13,17)(H,16,18). The summed E-state index contributed by atoms with van der Waals surface area (Å²) in [5.74, 6) is -0.170. The molecule has 1 aromatic rings. The molecule has 0 spiro atoms. The highest BCUT2D eigenvalue weighted by Crippen LogP contribution is 1.98. The lowest BCUT2D eigenvalue weighted by Gasteiger charge is -2.06. The molecule has 3 N–H and O–H groups in total. The lowest BCUT2D eigenvalue weighted by atomic mass is 10.4. The Balaban J connectivity index is 2.35. The lowest BCUT2D eigenvalue weighted by Crippen LogP contribution is -2.38. The van der Waals surface area contributed by atoms with E-state index in [4.69, 9.17) is 4.74 Å². The molecule has 0 bridgehead atoms.